The number of rotatable bonds is 4. The molecule has 1 aromatic carbocycles. The van der Waals surface area contributed by atoms with E-state index in [4.69, 9.17) is 4.42 Å². The molecule has 1 aliphatic rings. The average Bonchev–Trinajstić information content (AvgIpc) is 2.90. The third-order valence-electron chi connectivity index (χ3n) is 5.61. The largest absolute Gasteiger partial charge is 0.451 e. The first kappa shape index (κ1) is 17.0. The third kappa shape index (κ3) is 3.07. The van der Waals surface area contributed by atoms with Crippen LogP contribution in [0.3, 0.4) is 0 Å². The topological polar surface area (TPSA) is 45.5 Å². The van der Waals surface area contributed by atoms with E-state index in [1.165, 1.54) is 24.8 Å². The minimum atomic E-state index is -0.104. The van der Waals surface area contributed by atoms with Crippen molar-refractivity contribution in [2.45, 2.75) is 51.5 Å². The molecule has 4 heteroatoms. The van der Waals surface area contributed by atoms with Crippen LogP contribution >= 0.6 is 0 Å². The fraction of sp³-hybridized carbons (Fsp3) is 0.550. The highest BCUT2D eigenvalue weighted by atomic mass is 16.3. The maximum absolute atomic E-state index is 12.7. The number of aryl methyl sites for hydroxylation is 2. The number of hydrogen-bond acceptors (Lipinski definition) is 3. The van der Waals surface area contributed by atoms with Gasteiger partial charge in [-0.1, -0.05) is 30.9 Å². The highest BCUT2D eigenvalue weighted by Crippen LogP contribution is 2.32. The molecule has 2 aromatic rings. The van der Waals surface area contributed by atoms with Crippen LogP contribution in [0.4, 0.5) is 0 Å². The van der Waals surface area contributed by atoms with E-state index in [0.29, 0.717) is 12.3 Å². The second-order valence-electron chi connectivity index (χ2n) is 7.42. The second-order valence-corrected chi connectivity index (χ2v) is 7.42. The van der Waals surface area contributed by atoms with E-state index >= 15 is 0 Å². The first-order chi connectivity index (χ1) is 11.4. The van der Waals surface area contributed by atoms with E-state index in [1.54, 1.807) is 0 Å². The summed E-state index contributed by atoms with van der Waals surface area (Å²) in [5.41, 5.74) is 2.95. The van der Waals surface area contributed by atoms with E-state index in [-0.39, 0.29) is 11.4 Å². The fourth-order valence-electron chi connectivity index (χ4n) is 3.87. The van der Waals surface area contributed by atoms with Crippen molar-refractivity contribution >= 4 is 16.9 Å². The van der Waals surface area contributed by atoms with Crippen molar-refractivity contribution in [2.24, 2.45) is 0 Å². The van der Waals surface area contributed by atoms with E-state index in [9.17, 15) is 4.79 Å². The van der Waals surface area contributed by atoms with Crippen LogP contribution in [0.2, 0.25) is 0 Å². The van der Waals surface area contributed by atoms with Gasteiger partial charge >= 0.3 is 0 Å². The summed E-state index contributed by atoms with van der Waals surface area (Å²) in [6.07, 6.45) is 6.04. The number of benzene rings is 1. The molecular formula is C20H28N2O2. The zero-order chi connectivity index (χ0) is 17.3. The Morgan fingerprint density at radius 3 is 2.58 bits per heavy atom. The van der Waals surface area contributed by atoms with Gasteiger partial charge < -0.3 is 14.6 Å². The summed E-state index contributed by atoms with van der Waals surface area (Å²) in [5.74, 6) is 0.341. The van der Waals surface area contributed by atoms with Gasteiger partial charge in [-0.2, -0.15) is 0 Å². The zero-order valence-electron chi connectivity index (χ0n) is 15.2. The van der Waals surface area contributed by atoms with Crippen molar-refractivity contribution in [3.63, 3.8) is 0 Å². The molecular weight excluding hydrogens is 300 g/mol. The molecule has 1 heterocycles. The van der Waals surface area contributed by atoms with Crippen LogP contribution in [0.15, 0.2) is 22.6 Å². The first-order valence-electron chi connectivity index (χ1n) is 8.88. The Kier molecular flexibility index (Phi) is 4.68. The first-order valence-corrected chi connectivity index (χ1v) is 8.88. The van der Waals surface area contributed by atoms with Gasteiger partial charge in [-0.05, 0) is 52.9 Å². The van der Waals surface area contributed by atoms with Gasteiger partial charge in [0.05, 0.1) is 0 Å². The van der Waals surface area contributed by atoms with Crippen LogP contribution < -0.4 is 5.32 Å². The highest BCUT2D eigenvalue weighted by Gasteiger charge is 2.34. The highest BCUT2D eigenvalue weighted by molar-refractivity contribution is 5.99. The molecule has 0 atom stereocenters. The Bertz CT molecular complexity index is 739. The van der Waals surface area contributed by atoms with Crippen molar-refractivity contribution in [3.05, 3.63) is 35.1 Å². The van der Waals surface area contributed by atoms with Gasteiger partial charge in [0.25, 0.3) is 5.91 Å². The molecule has 0 spiro atoms. The SMILES string of the molecule is Cc1ccc2oc(C(=O)NCC3(N(C)C)CCCCC3)c(C)c2c1. The standard InChI is InChI=1S/C20H28N2O2/c1-14-8-9-17-16(12-14)15(2)18(24-17)19(23)21-13-20(22(3)4)10-6-5-7-11-20/h8-9,12H,5-7,10-11,13H2,1-4H3,(H,21,23). The maximum Gasteiger partial charge on any atom is 0.287 e. The zero-order valence-corrected chi connectivity index (χ0v) is 15.2. The second kappa shape index (κ2) is 6.60. The number of furan rings is 1. The lowest BCUT2D eigenvalue weighted by atomic mass is 9.80. The van der Waals surface area contributed by atoms with Crippen LogP contribution in [0.5, 0.6) is 0 Å². The molecule has 1 fully saturated rings. The van der Waals surface area contributed by atoms with Gasteiger partial charge in [-0.25, -0.2) is 0 Å². The van der Waals surface area contributed by atoms with Crippen molar-refractivity contribution in [3.8, 4) is 0 Å². The van der Waals surface area contributed by atoms with Gasteiger partial charge in [0.15, 0.2) is 5.76 Å². The van der Waals surface area contributed by atoms with Gasteiger partial charge in [-0.3, -0.25) is 4.79 Å². The lowest BCUT2D eigenvalue weighted by Crippen LogP contribution is -2.53. The lowest BCUT2D eigenvalue weighted by molar-refractivity contribution is 0.0780. The Morgan fingerprint density at radius 2 is 1.92 bits per heavy atom. The minimum Gasteiger partial charge on any atom is -0.451 e. The van der Waals surface area contributed by atoms with E-state index in [2.05, 4.69) is 37.3 Å². The summed E-state index contributed by atoms with van der Waals surface area (Å²) in [6, 6.07) is 6.03. The molecule has 130 valence electrons. The van der Waals surface area contributed by atoms with Gasteiger partial charge in [0, 0.05) is 23.0 Å². The monoisotopic (exact) mass is 328 g/mol. The number of nitrogens with zero attached hydrogens (tertiary/aromatic N) is 1. The molecule has 0 bridgehead atoms. The maximum atomic E-state index is 12.7. The lowest BCUT2D eigenvalue weighted by Gasteiger charge is -2.43. The summed E-state index contributed by atoms with van der Waals surface area (Å²) >= 11 is 0. The smallest absolute Gasteiger partial charge is 0.287 e. The molecule has 1 saturated carbocycles. The van der Waals surface area contributed by atoms with Gasteiger partial charge in [0.1, 0.15) is 5.58 Å². The Hall–Kier alpha value is -1.81. The normalized spacial score (nSPS) is 17.4. The molecule has 0 saturated heterocycles. The molecule has 24 heavy (non-hydrogen) atoms. The summed E-state index contributed by atoms with van der Waals surface area (Å²) < 4.78 is 5.82. The molecule has 3 rings (SSSR count). The molecule has 0 unspecified atom stereocenters. The Labute approximate surface area is 144 Å². The molecule has 0 aliphatic heterocycles. The Balaban J connectivity index is 1.78. The van der Waals surface area contributed by atoms with Gasteiger partial charge in [0.2, 0.25) is 0 Å². The summed E-state index contributed by atoms with van der Waals surface area (Å²) in [4.78, 5) is 15.0. The van der Waals surface area contributed by atoms with Crippen molar-refractivity contribution in [1.29, 1.82) is 0 Å². The fourth-order valence-corrected chi connectivity index (χ4v) is 3.87. The van der Waals surface area contributed by atoms with E-state index < -0.39 is 0 Å². The number of fused-ring (bicyclic) bond motifs is 1. The number of amides is 1. The van der Waals surface area contributed by atoms with E-state index in [1.807, 2.05) is 19.1 Å². The van der Waals surface area contributed by atoms with Crippen molar-refractivity contribution in [1.82, 2.24) is 10.2 Å². The summed E-state index contributed by atoms with van der Waals surface area (Å²) in [7, 11) is 4.24. The predicted octanol–water partition coefficient (Wildman–Crippen LogP) is 4.04. The van der Waals surface area contributed by atoms with E-state index in [0.717, 1.165) is 29.4 Å². The van der Waals surface area contributed by atoms with Crippen LogP contribution in [0.25, 0.3) is 11.0 Å². The predicted molar refractivity (Wildman–Crippen MR) is 97.5 cm³/mol. The molecule has 0 radical (unpaired) electrons. The van der Waals surface area contributed by atoms with Crippen LogP contribution in [0, 0.1) is 13.8 Å². The number of likely N-dealkylation sites (N-methyl/N-ethyl adjacent to an activating group) is 1. The van der Waals surface area contributed by atoms with Crippen LogP contribution in [-0.2, 0) is 0 Å². The quantitative estimate of drug-likeness (QED) is 0.921. The molecule has 1 N–H and O–H groups in total. The molecule has 1 aliphatic carbocycles. The number of nitrogens with one attached hydrogen (secondary N) is 1. The van der Waals surface area contributed by atoms with Crippen LogP contribution in [0.1, 0.15) is 53.8 Å². The van der Waals surface area contributed by atoms with Gasteiger partial charge in [-0.15, -0.1) is 0 Å². The Morgan fingerprint density at radius 1 is 1.21 bits per heavy atom. The number of hydrogen-bond donors (Lipinski definition) is 1. The minimum absolute atomic E-state index is 0.0738. The van der Waals surface area contributed by atoms with Crippen molar-refractivity contribution in [2.75, 3.05) is 20.6 Å². The van der Waals surface area contributed by atoms with Crippen molar-refractivity contribution < 1.29 is 9.21 Å². The molecule has 4 nitrogen and oxygen atoms in total. The van der Waals surface area contributed by atoms with Crippen LogP contribution in [-0.4, -0.2) is 37.0 Å². The number of carbonyl (C=O) groups excluding carboxylic acids is 1. The summed E-state index contributed by atoms with van der Waals surface area (Å²) in [6.45, 7) is 4.69. The third-order valence-corrected chi connectivity index (χ3v) is 5.61. The molecule has 1 amide bonds. The average molecular weight is 328 g/mol. The number of carbonyl (C=O) groups is 1. The molecule has 1 aromatic heterocycles. The summed E-state index contributed by atoms with van der Waals surface area (Å²) in [5, 5.41) is 4.16.